The van der Waals surface area contributed by atoms with Gasteiger partial charge in [-0.3, -0.25) is 9.59 Å². The maximum absolute atomic E-state index is 14.0. The van der Waals surface area contributed by atoms with Crippen molar-refractivity contribution < 1.29 is 58.4 Å². The third-order valence-corrected chi connectivity index (χ3v) is 11.8. The van der Waals surface area contributed by atoms with Crippen molar-refractivity contribution in [3.63, 3.8) is 0 Å². The molecule has 0 aromatic rings. The van der Waals surface area contributed by atoms with Crippen molar-refractivity contribution in [2.24, 2.45) is 29.6 Å². The van der Waals surface area contributed by atoms with Crippen LogP contribution in [0.15, 0.2) is 0 Å². The number of esters is 1. The Kier molecular flexibility index (Phi) is 14.9. The Balaban J connectivity index is 2.16. The first-order valence-electron chi connectivity index (χ1n) is 18.4. The number of hydrogen-bond donors (Lipinski definition) is 4. The molecule has 0 radical (unpaired) electrons. The minimum absolute atomic E-state index is 0.0462. The molecule has 50 heavy (non-hydrogen) atoms. The minimum atomic E-state index is -1.72. The third kappa shape index (κ3) is 9.45. The second-order valence-corrected chi connectivity index (χ2v) is 16.2. The van der Waals surface area contributed by atoms with E-state index < -0.39 is 102 Å². The molecule has 3 heterocycles. The molecule has 0 aromatic carbocycles. The van der Waals surface area contributed by atoms with Crippen molar-refractivity contribution in [3.05, 3.63) is 0 Å². The van der Waals surface area contributed by atoms with Crippen LogP contribution in [0.4, 0.5) is 0 Å². The number of Topliss-reactive ketones (excluding diaryl/α,β-unsaturated/α-hetero) is 1. The summed E-state index contributed by atoms with van der Waals surface area (Å²) in [5, 5.41) is 46.0. The Labute approximate surface area is 299 Å². The lowest BCUT2D eigenvalue weighted by molar-refractivity contribution is -0.317. The minimum Gasteiger partial charge on any atom is -0.462 e. The van der Waals surface area contributed by atoms with Crippen LogP contribution >= 0.6 is 0 Å². The molecular formula is C37H67NO12. The molecule has 0 spiro atoms. The number of nitrogens with zero attached hydrogens (tertiary/aromatic N) is 1. The summed E-state index contributed by atoms with van der Waals surface area (Å²) in [4.78, 5) is 29.7. The molecule has 3 saturated heterocycles. The van der Waals surface area contributed by atoms with Gasteiger partial charge in [-0.15, -0.1) is 0 Å². The maximum atomic E-state index is 14.0. The number of carbonyl (C=O) groups is 2. The van der Waals surface area contributed by atoms with E-state index in [-0.39, 0.29) is 30.8 Å². The van der Waals surface area contributed by atoms with Crippen LogP contribution in [-0.2, 0) is 38.0 Å². The van der Waals surface area contributed by atoms with E-state index in [1.165, 1.54) is 7.11 Å². The van der Waals surface area contributed by atoms with E-state index in [0.717, 1.165) is 0 Å². The summed E-state index contributed by atoms with van der Waals surface area (Å²) in [6, 6.07) is -0.297. The average Bonchev–Trinajstić information content (AvgIpc) is 3.05. The first kappa shape index (κ1) is 43.1. The summed E-state index contributed by atoms with van der Waals surface area (Å²) >= 11 is 0. The number of methoxy groups -OCH3 is 1. The number of aliphatic hydroxyl groups excluding tert-OH is 3. The van der Waals surface area contributed by atoms with Gasteiger partial charge in [0.15, 0.2) is 12.6 Å². The zero-order valence-electron chi connectivity index (χ0n) is 32.6. The molecule has 13 nitrogen and oxygen atoms in total. The second-order valence-electron chi connectivity index (χ2n) is 16.2. The lowest BCUT2D eigenvalue weighted by Gasteiger charge is -2.49. The van der Waals surface area contributed by atoms with E-state index in [9.17, 15) is 30.0 Å². The van der Waals surface area contributed by atoms with Gasteiger partial charge in [-0.2, -0.15) is 0 Å². The lowest BCUT2D eigenvalue weighted by Crippen LogP contribution is -2.60. The second kappa shape index (κ2) is 17.3. The number of ether oxygens (including phenoxy) is 6. The largest absolute Gasteiger partial charge is 0.462 e. The number of carbonyl (C=O) groups excluding carboxylic acids is 2. The SMILES string of the molecule is CC[C@@H]1OC(=O)[C@H](C)C(OC2C[C@@](C)(OC)C(O)[C@H](C)O2)[C@H](C)[C@@H](OC2O[C@H](C)C[C@H](N(C)C)[C@H]2O)[C@](C)(O)C[C@@H](C)C(=O)[C@H](C)[C@@H](O)[C@@H]1C. The maximum Gasteiger partial charge on any atom is 0.311 e. The fourth-order valence-corrected chi connectivity index (χ4v) is 8.36. The van der Waals surface area contributed by atoms with Gasteiger partial charge in [0, 0.05) is 43.2 Å². The highest BCUT2D eigenvalue weighted by atomic mass is 16.7. The predicted molar refractivity (Wildman–Crippen MR) is 185 cm³/mol. The topological polar surface area (TPSA) is 174 Å². The van der Waals surface area contributed by atoms with Crippen molar-refractivity contribution >= 4 is 11.8 Å². The normalized spacial score (nSPS) is 49.0. The zero-order valence-corrected chi connectivity index (χ0v) is 32.6. The number of ketones is 1. The quantitative estimate of drug-likeness (QED) is 0.284. The molecule has 0 bridgehead atoms. The Hall–Kier alpha value is -1.26. The van der Waals surface area contributed by atoms with E-state index in [0.29, 0.717) is 12.8 Å². The van der Waals surface area contributed by atoms with Gasteiger partial charge in [-0.1, -0.05) is 34.6 Å². The highest BCUT2D eigenvalue weighted by Crippen LogP contribution is 2.40. The average molecular weight is 718 g/mol. The molecule has 3 aliphatic rings. The van der Waals surface area contributed by atoms with E-state index in [4.69, 9.17) is 28.4 Å². The van der Waals surface area contributed by atoms with E-state index in [1.807, 2.05) is 32.8 Å². The molecule has 13 heteroatoms. The summed E-state index contributed by atoms with van der Waals surface area (Å²) in [6.07, 6.45) is -7.91. The molecule has 0 amide bonds. The van der Waals surface area contributed by atoms with Crippen LogP contribution in [0.5, 0.6) is 0 Å². The summed E-state index contributed by atoms with van der Waals surface area (Å²) in [5.41, 5.74) is -2.73. The molecule has 3 rings (SSSR count). The van der Waals surface area contributed by atoms with Crippen LogP contribution in [0.2, 0.25) is 0 Å². The first-order valence-corrected chi connectivity index (χ1v) is 18.4. The van der Waals surface area contributed by atoms with Gasteiger partial charge in [0.1, 0.15) is 24.1 Å². The summed E-state index contributed by atoms with van der Waals surface area (Å²) < 4.78 is 37.3. The summed E-state index contributed by atoms with van der Waals surface area (Å²) in [5.74, 6) is -4.59. The standard InChI is InChI=1S/C37H67NO12/c1-14-26-20(4)29(40)21(5)28(39)18(2)16-36(9,44)33(50-35-30(41)25(38(11)12)15-19(3)46-35)22(6)31(23(7)34(43)48-26)49-27-17-37(10,45-13)32(42)24(8)47-27/h18-27,29-33,35,40-42,44H,14-17H2,1-13H3/t18-,19-,20-,21+,22+,23-,24+,25+,26+,27?,29+,30-,31?,32?,33-,35?,36-,37-/m1/s1. The van der Waals surface area contributed by atoms with Gasteiger partial charge >= 0.3 is 5.97 Å². The fraction of sp³-hybridized carbons (Fsp3) is 0.946. The van der Waals surface area contributed by atoms with Gasteiger partial charge in [-0.05, 0) is 68.0 Å². The van der Waals surface area contributed by atoms with Crippen molar-refractivity contribution in [1.82, 2.24) is 4.90 Å². The molecule has 3 fully saturated rings. The van der Waals surface area contributed by atoms with Crippen LogP contribution in [0, 0.1) is 29.6 Å². The van der Waals surface area contributed by atoms with Crippen LogP contribution in [-0.4, -0.2) is 137 Å². The van der Waals surface area contributed by atoms with Gasteiger partial charge in [-0.25, -0.2) is 0 Å². The zero-order chi connectivity index (χ0) is 38.0. The summed E-state index contributed by atoms with van der Waals surface area (Å²) in [7, 11) is 5.23. The highest BCUT2D eigenvalue weighted by molar-refractivity contribution is 5.83. The van der Waals surface area contributed by atoms with Crippen molar-refractivity contribution in [2.75, 3.05) is 21.2 Å². The van der Waals surface area contributed by atoms with E-state index in [1.54, 1.807) is 55.4 Å². The first-order chi connectivity index (χ1) is 23.1. The Bertz CT molecular complexity index is 1120. The van der Waals surface area contributed by atoms with Gasteiger partial charge in [0.2, 0.25) is 0 Å². The molecule has 4 N–H and O–H groups in total. The molecule has 3 aliphatic heterocycles. The molecule has 0 aliphatic carbocycles. The number of rotatable bonds is 7. The van der Waals surface area contributed by atoms with Crippen molar-refractivity contribution in [3.8, 4) is 0 Å². The number of hydrogen-bond acceptors (Lipinski definition) is 13. The van der Waals surface area contributed by atoms with Crippen LogP contribution < -0.4 is 0 Å². The van der Waals surface area contributed by atoms with Gasteiger partial charge < -0.3 is 53.7 Å². The van der Waals surface area contributed by atoms with Crippen LogP contribution in [0.25, 0.3) is 0 Å². The number of cyclic esters (lactones) is 1. The Morgan fingerprint density at radius 2 is 1.50 bits per heavy atom. The van der Waals surface area contributed by atoms with Crippen molar-refractivity contribution in [1.29, 1.82) is 0 Å². The number of likely N-dealkylation sites (N-methyl/N-ethyl adjacent to an activating group) is 1. The van der Waals surface area contributed by atoms with Gasteiger partial charge in [0.25, 0.3) is 0 Å². The van der Waals surface area contributed by atoms with Crippen LogP contribution in [0.3, 0.4) is 0 Å². The molecule has 0 saturated carbocycles. The van der Waals surface area contributed by atoms with Crippen LogP contribution in [0.1, 0.15) is 94.9 Å². The van der Waals surface area contributed by atoms with Crippen molar-refractivity contribution in [2.45, 2.75) is 174 Å². The molecule has 0 aromatic heterocycles. The van der Waals surface area contributed by atoms with Gasteiger partial charge in [0.05, 0.1) is 47.6 Å². The van der Waals surface area contributed by atoms with E-state index >= 15 is 0 Å². The summed E-state index contributed by atoms with van der Waals surface area (Å²) in [6.45, 7) is 17.4. The lowest BCUT2D eigenvalue weighted by atomic mass is 9.74. The third-order valence-electron chi connectivity index (χ3n) is 11.8. The molecule has 292 valence electrons. The predicted octanol–water partition coefficient (Wildman–Crippen LogP) is 2.67. The fourth-order valence-electron chi connectivity index (χ4n) is 8.36. The molecule has 18 atom stereocenters. The Morgan fingerprint density at radius 1 is 0.880 bits per heavy atom. The Morgan fingerprint density at radius 3 is 2.06 bits per heavy atom. The monoisotopic (exact) mass is 717 g/mol. The highest BCUT2D eigenvalue weighted by Gasteiger charge is 2.52. The van der Waals surface area contributed by atoms with E-state index in [2.05, 4.69) is 0 Å². The number of aliphatic hydroxyl groups is 4. The molecule has 4 unspecified atom stereocenters. The molecular weight excluding hydrogens is 650 g/mol. The smallest absolute Gasteiger partial charge is 0.311 e.